The summed E-state index contributed by atoms with van der Waals surface area (Å²) in [5.41, 5.74) is 1.92. The fourth-order valence-electron chi connectivity index (χ4n) is 4.29. The minimum atomic E-state index is -0.927. The highest BCUT2D eigenvalue weighted by molar-refractivity contribution is 6.09. The van der Waals surface area contributed by atoms with Crippen molar-refractivity contribution in [1.82, 2.24) is 25.3 Å². The Hall–Kier alpha value is -4.01. The number of imide groups is 1. The molecule has 1 aromatic heterocycles. The number of rotatable bonds is 7. The molecular formula is C25H24FN5O3. The van der Waals surface area contributed by atoms with Crippen molar-refractivity contribution in [3.63, 3.8) is 0 Å². The summed E-state index contributed by atoms with van der Waals surface area (Å²) in [4.78, 5) is 38.8. The zero-order valence-corrected chi connectivity index (χ0v) is 18.6. The van der Waals surface area contributed by atoms with Crippen molar-refractivity contribution >= 4 is 17.8 Å². The lowest BCUT2D eigenvalue weighted by Gasteiger charge is -2.20. The molecule has 1 saturated heterocycles. The highest BCUT2D eigenvalue weighted by Crippen LogP contribution is 2.42. The maximum absolute atomic E-state index is 13.4. The highest BCUT2D eigenvalue weighted by atomic mass is 19.1. The van der Waals surface area contributed by atoms with Crippen LogP contribution in [0.4, 0.5) is 9.18 Å². The van der Waals surface area contributed by atoms with E-state index in [0.717, 1.165) is 23.4 Å². The smallest absolute Gasteiger partial charge is 0.325 e. The summed E-state index contributed by atoms with van der Waals surface area (Å²) in [7, 11) is 0. The summed E-state index contributed by atoms with van der Waals surface area (Å²) in [6, 6.07) is 14.9. The Morgan fingerprint density at radius 2 is 1.85 bits per heavy atom. The van der Waals surface area contributed by atoms with Gasteiger partial charge in [0.2, 0.25) is 5.91 Å². The minimum absolute atomic E-state index is 0.124. The molecule has 1 aliphatic carbocycles. The first-order valence-corrected chi connectivity index (χ1v) is 11.2. The molecule has 0 spiro atoms. The van der Waals surface area contributed by atoms with Gasteiger partial charge in [-0.05, 0) is 62.1 Å². The van der Waals surface area contributed by atoms with Crippen LogP contribution in [0.15, 0.2) is 60.8 Å². The van der Waals surface area contributed by atoms with Crippen molar-refractivity contribution in [3.05, 3.63) is 72.2 Å². The maximum atomic E-state index is 13.4. The van der Waals surface area contributed by atoms with E-state index in [9.17, 15) is 18.8 Å². The summed E-state index contributed by atoms with van der Waals surface area (Å²) in [5, 5.41) is 10.2. The molecule has 2 aromatic carbocycles. The summed E-state index contributed by atoms with van der Waals surface area (Å²) in [6.07, 6.45) is 3.58. The molecule has 0 bridgehead atoms. The largest absolute Gasteiger partial charge is 0.350 e. The lowest BCUT2D eigenvalue weighted by molar-refractivity contribution is -0.135. The molecular weight excluding hydrogens is 437 g/mol. The molecule has 0 radical (unpaired) electrons. The second-order valence-corrected chi connectivity index (χ2v) is 8.86. The molecule has 2 aliphatic rings. The Labute approximate surface area is 195 Å². The molecule has 5 rings (SSSR count). The quantitative estimate of drug-likeness (QED) is 0.529. The molecule has 1 aliphatic heterocycles. The average molecular weight is 461 g/mol. The molecule has 2 heterocycles. The van der Waals surface area contributed by atoms with Gasteiger partial charge in [-0.1, -0.05) is 18.2 Å². The topological polar surface area (TPSA) is 96.3 Å². The second kappa shape index (κ2) is 8.40. The van der Waals surface area contributed by atoms with Crippen molar-refractivity contribution < 1.29 is 18.8 Å². The molecule has 174 valence electrons. The summed E-state index contributed by atoms with van der Waals surface area (Å²) >= 11 is 0. The fourth-order valence-corrected chi connectivity index (χ4v) is 4.29. The number of nitrogens with zero attached hydrogens (tertiary/aromatic N) is 3. The number of amides is 4. The van der Waals surface area contributed by atoms with Gasteiger partial charge in [-0.15, -0.1) is 0 Å². The Kier molecular flexibility index (Phi) is 5.39. The summed E-state index contributed by atoms with van der Waals surface area (Å²) in [6.45, 7) is 1.49. The van der Waals surface area contributed by atoms with Crippen molar-refractivity contribution in [2.24, 2.45) is 5.92 Å². The van der Waals surface area contributed by atoms with Crippen LogP contribution in [0.1, 0.15) is 25.3 Å². The predicted octanol–water partition coefficient (Wildman–Crippen LogP) is 3.02. The van der Waals surface area contributed by atoms with Crippen molar-refractivity contribution in [2.45, 2.75) is 31.8 Å². The molecule has 2 N–H and O–H groups in total. The van der Waals surface area contributed by atoms with Crippen LogP contribution < -0.4 is 10.6 Å². The van der Waals surface area contributed by atoms with Gasteiger partial charge in [-0.2, -0.15) is 5.10 Å². The SMILES string of the molecule is C[C@]1(C2CC2)NC(=O)N(CC(=O)NCc2cn(-c3ccccc3)nc2-c2ccc(F)cc2)C1=O. The zero-order valence-electron chi connectivity index (χ0n) is 18.6. The Balaban J connectivity index is 1.33. The molecule has 2 fully saturated rings. The lowest BCUT2D eigenvalue weighted by atomic mass is 9.96. The Morgan fingerprint density at radius 1 is 1.15 bits per heavy atom. The van der Waals surface area contributed by atoms with Gasteiger partial charge in [0.05, 0.1) is 11.4 Å². The molecule has 3 aromatic rings. The van der Waals surface area contributed by atoms with E-state index in [0.29, 0.717) is 16.8 Å². The van der Waals surface area contributed by atoms with Crippen LogP contribution in [0, 0.1) is 11.7 Å². The van der Waals surface area contributed by atoms with E-state index in [-0.39, 0.29) is 30.7 Å². The van der Waals surface area contributed by atoms with Gasteiger partial charge in [0.15, 0.2) is 0 Å². The first-order chi connectivity index (χ1) is 16.3. The zero-order chi connectivity index (χ0) is 23.9. The van der Waals surface area contributed by atoms with Gasteiger partial charge >= 0.3 is 6.03 Å². The minimum Gasteiger partial charge on any atom is -0.350 e. The average Bonchev–Trinajstić information content (AvgIpc) is 3.58. The van der Waals surface area contributed by atoms with Gasteiger partial charge in [-0.3, -0.25) is 14.5 Å². The van der Waals surface area contributed by atoms with Crippen LogP contribution in [0.5, 0.6) is 0 Å². The summed E-state index contributed by atoms with van der Waals surface area (Å²) in [5.74, 6) is -1.05. The van der Waals surface area contributed by atoms with E-state index in [2.05, 4.69) is 15.7 Å². The van der Waals surface area contributed by atoms with E-state index >= 15 is 0 Å². The van der Waals surface area contributed by atoms with E-state index in [1.54, 1.807) is 29.9 Å². The molecule has 1 atom stereocenters. The number of urea groups is 1. The van der Waals surface area contributed by atoms with E-state index < -0.39 is 17.5 Å². The number of benzene rings is 2. The van der Waals surface area contributed by atoms with Gasteiger partial charge in [0.25, 0.3) is 5.91 Å². The lowest BCUT2D eigenvalue weighted by Crippen LogP contribution is -2.46. The van der Waals surface area contributed by atoms with Crippen molar-refractivity contribution in [3.8, 4) is 16.9 Å². The number of hydrogen-bond acceptors (Lipinski definition) is 4. The number of aromatic nitrogens is 2. The number of para-hydroxylation sites is 1. The van der Waals surface area contributed by atoms with E-state index in [4.69, 9.17) is 0 Å². The normalized spacial score (nSPS) is 19.9. The Morgan fingerprint density at radius 3 is 2.53 bits per heavy atom. The first-order valence-electron chi connectivity index (χ1n) is 11.2. The van der Waals surface area contributed by atoms with Crippen LogP contribution >= 0.6 is 0 Å². The third-order valence-electron chi connectivity index (χ3n) is 6.40. The number of nitrogens with one attached hydrogen (secondary N) is 2. The Bertz CT molecular complexity index is 1250. The van der Waals surface area contributed by atoms with Crippen LogP contribution in [-0.2, 0) is 16.1 Å². The maximum Gasteiger partial charge on any atom is 0.325 e. The standard InChI is InChI=1S/C25H24FN5O3/c1-25(18-9-10-18)23(33)30(24(34)28-25)15-21(32)27-13-17-14-31(20-5-3-2-4-6-20)29-22(17)16-7-11-19(26)12-8-16/h2-8,11-12,14,18H,9-10,13,15H2,1H3,(H,27,32)(H,28,34)/t25-/m1/s1. The van der Waals surface area contributed by atoms with E-state index in [1.807, 2.05) is 30.3 Å². The number of halogens is 1. The first kappa shape index (κ1) is 21.8. The third-order valence-corrected chi connectivity index (χ3v) is 6.40. The molecule has 34 heavy (non-hydrogen) atoms. The van der Waals surface area contributed by atoms with Gasteiger partial charge in [0.1, 0.15) is 17.9 Å². The van der Waals surface area contributed by atoms with Crippen molar-refractivity contribution in [2.75, 3.05) is 6.54 Å². The van der Waals surface area contributed by atoms with Crippen LogP contribution in [0.25, 0.3) is 16.9 Å². The molecule has 4 amide bonds. The number of carbonyl (C=O) groups excluding carboxylic acids is 3. The third kappa shape index (κ3) is 4.05. The van der Waals surface area contributed by atoms with Crippen LogP contribution in [0.2, 0.25) is 0 Å². The fraction of sp³-hybridized carbons (Fsp3) is 0.280. The molecule has 9 heteroatoms. The molecule has 0 unspecified atom stereocenters. The van der Waals surface area contributed by atoms with Crippen LogP contribution in [-0.4, -0.2) is 44.6 Å². The van der Waals surface area contributed by atoms with Gasteiger partial charge in [0, 0.05) is 23.9 Å². The van der Waals surface area contributed by atoms with E-state index in [1.165, 1.54) is 12.1 Å². The van der Waals surface area contributed by atoms with Gasteiger partial charge in [-0.25, -0.2) is 13.9 Å². The predicted molar refractivity (Wildman–Crippen MR) is 122 cm³/mol. The highest BCUT2D eigenvalue weighted by Gasteiger charge is 2.56. The van der Waals surface area contributed by atoms with Gasteiger partial charge < -0.3 is 10.6 Å². The summed E-state index contributed by atoms with van der Waals surface area (Å²) < 4.78 is 15.1. The second-order valence-electron chi connectivity index (χ2n) is 8.86. The van der Waals surface area contributed by atoms with Crippen molar-refractivity contribution in [1.29, 1.82) is 0 Å². The molecule has 8 nitrogen and oxygen atoms in total. The van der Waals surface area contributed by atoms with Crippen LogP contribution in [0.3, 0.4) is 0 Å². The number of hydrogen-bond donors (Lipinski definition) is 2. The molecule has 1 saturated carbocycles. The monoisotopic (exact) mass is 461 g/mol. The number of carbonyl (C=O) groups is 3.